The van der Waals surface area contributed by atoms with Crippen LogP contribution in [0, 0.1) is 0 Å². The highest BCUT2D eigenvalue weighted by Gasteiger charge is 2.28. The van der Waals surface area contributed by atoms with Crippen molar-refractivity contribution in [3.05, 3.63) is 46.5 Å². The number of amides is 1. The zero-order valence-corrected chi connectivity index (χ0v) is 18.3. The van der Waals surface area contributed by atoms with Crippen molar-refractivity contribution < 1.29 is 23.9 Å². The van der Waals surface area contributed by atoms with Crippen LogP contribution in [0.5, 0.6) is 0 Å². The van der Waals surface area contributed by atoms with Crippen LogP contribution in [0.1, 0.15) is 27.2 Å². The van der Waals surface area contributed by atoms with Crippen molar-refractivity contribution in [2.45, 2.75) is 24.3 Å². The molecule has 0 aliphatic heterocycles. The Morgan fingerprint density at radius 2 is 2.00 bits per heavy atom. The quantitative estimate of drug-likeness (QED) is 0.426. The number of hydrogen-bond donors (Lipinski definition) is 1. The summed E-state index contributed by atoms with van der Waals surface area (Å²) < 4.78 is 9.92. The maximum Gasteiger partial charge on any atom is 0.341 e. The second-order valence-corrected chi connectivity index (χ2v) is 8.85. The molecule has 0 saturated heterocycles. The van der Waals surface area contributed by atoms with E-state index in [1.807, 2.05) is 24.3 Å². The van der Waals surface area contributed by atoms with E-state index in [-0.39, 0.29) is 5.75 Å². The summed E-state index contributed by atoms with van der Waals surface area (Å²) in [6.45, 7) is -0.439. The van der Waals surface area contributed by atoms with Crippen LogP contribution in [-0.2, 0) is 31.9 Å². The Hall–Kier alpha value is -2.98. The number of nitrogens with one attached hydrogen (secondary N) is 1. The molecule has 0 unspecified atom stereocenters. The Morgan fingerprint density at radius 3 is 2.81 bits per heavy atom. The van der Waals surface area contributed by atoms with Gasteiger partial charge >= 0.3 is 11.9 Å². The fourth-order valence-electron chi connectivity index (χ4n) is 3.30. The molecule has 8 nitrogen and oxygen atoms in total. The predicted molar refractivity (Wildman–Crippen MR) is 118 cm³/mol. The van der Waals surface area contributed by atoms with Crippen LogP contribution < -0.4 is 5.32 Å². The smallest absolute Gasteiger partial charge is 0.341 e. The third-order valence-corrected chi connectivity index (χ3v) is 6.77. The number of thiophene rings is 1. The zero-order chi connectivity index (χ0) is 21.8. The first kappa shape index (κ1) is 21.3. The largest absolute Gasteiger partial charge is 0.465 e. The second-order valence-electron chi connectivity index (χ2n) is 6.75. The number of fused-ring (bicyclic) bond motifs is 2. The standard InChI is InChI=1S/C21H19N3O5S2/c1-28-21(27)19-12-5-4-8-15(12)31-20(19)24-16(25)10-29-18(26)11-30-17-9-22-13-6-2-3-7-14(13)23-17/h2-3,6-7,9H,4-5,8,10-11H2,1H3,(H,24,25). The van der Waals surface area contributed by atoms with E-state index in [2.05, 4.69) is 15.3 Å². The monoisotopic (exact) mass is 457 g/mol. The van der Waals surface area contributed by atoms with E-state index in [1.54, 1.807) is 6.20 Å². The van der Waals surface area contributed by atoms with E-state index in [1.165, 1.54) is 30.2 Å². The van der Waals surface area contributed by atoms with Gasteiger partial charge in [0.1, 0.15) is 10.0 Å². The molecule has 4 rings (SSSR count). The highest BCUT2D eigenvalue weighted by Crippen LogP contribution is 2.39. The average Bonchev–Trinajstić information content (AvgIpc) is 3.36. The van der Waals surface area contributed by atoms with Gasteiger partial charge in [-0.3, -0.25) is 14.6 Å². The highest BCUT2D eigenvalue weighted by molar-refractivity contribution is 7.99. The number of aryl methyl sites for hydroxylation is 1. The first-order valence-corrected chi connectivity index (χ1v) is 11.4. The van der Waals surface area contributed by atoms with E-state index in [0.717, 1.165) is 40.7 Å². The van der Waals surface area contributed by atoms with Gasteiger partial charge in [0.05, 0.1) is 35.7 Å². The normalized spacial score (nSPS) is 12.4. The lowest BCUT2D eigenvalue weighted by Crippen LogP contribution is -2.22. The minimum Gasteiger partial charge on any atom is -0.465 e. The van der Waals surface area contributed by atoms with E-state index in [9.17, 15) is 14.4 Å². The summed E-state index contributed by atoms with van der Waals surface area (Å²) in [5.41, 5.74) is 2.86. The van der Waals surface area contributed by atoms with Crippen LogP contribution in [0.25, 0.3) is 11.0 Å². The Balaban J connectivity index is 1.30. The van der Waals surface area contributed by atoms with Crippen molar-refractivity contribution in [2.75, 3.05) is 24.8 Å². The number of esters is 2. The number of methoxy groups -OCH3 is 1. The van der Waals surface area contributed by atoms with Gasteiger partial charge in [0.15, 0.2) is 6.61 Å². The molecule has 10 heteroatoms. The minimum absolute atomic E-state index is 0.00100. The fraction of sp³-hybridized carbons (Fsp3) is 0.286. The van der Waals surface area contributed by atoms with Crippen LogP contribution in [0.2, 0.25) is 0 Å². The fourth-order valence-corrected chi connectivity index (χ4v) is 5.24. The molecule has 0 saturated carbocycles. The third-order valence-electron chi connectivity index (χ3n) is 4.69. The van der Waals surface area contributed by atoms with Crippen molar-refractivity contribution in [3.63, 3.8) is 0 Å². The number of benzene rings is 1. The SMILES string of the molecule is COC(=O)c1c(NC(=O)COC(=O)CSc2cnc3ccccc3n2)sc2c1CCC2. The van der Waals surface area contributed by atoms with Crippen LogP contribution in [0.15, 0.2) is 35.5 Å². The number of carbonyl (C=O) groups is 3. The summed E-state index contributed by atoms with van der Waals surface area (Å²) in [6.07, 6.45) is 4.24. The number of thioether (sulfide) groups is 1. The lowest BCUT2D eigenvalue weighted by Gasteiger charge is -2.08. The molecule has 1 N–H and O–H groups in total. The maximum absolute atomic E-state index is 12.3. The van der Waals surface area contributed by atoms with Gasteiger partial charge in [0.25, 0.3) is 5.91 Å². The second kappa shape index (κ2) is 9.44. The number of ether oxygens (including phenoxy) is 2. The number of nitrogens with zero attached hydrogens (tertiary/aromatic N) is 2. The van der Waals surface area contributed by atoms with Gasteiger partial charge in [0, 0.05) is 4.88 Å². The van der Waals surface area contributed by atoms with Gasteiger partial charge in [-0.2, -0.15) is 0 Å². The van der Waals surface area contributed by atoms with Crippen molar-refractivity contribution in [3.8, 4) is 0 Å². The molecule has 0 fully saturated rings. The Bertz CT molecular complexity index is 1160. The Kier molecular flexibility index (Phi) is 6.47. The summed E-state index contributed by atoms with van der Waals surface area (Å²) in [5, 5.41) is 3.71. The van der Waals surface area contributed by atoms with E-state index in [4.69, 9.17) is 9.47 Å². The molecule has 2 aromatic heterocycles. The van der Waals surface area contributed by atoms with Gasteiger partial charge in [0.2, 0.25) is 0 Å². The first-order chi connectivity index (χ1) is 15.0. The zero-order valence-electron chi connectivity index (χ0n) is 16.7. The molecule has 31 heavy (non-hydrogen) atoms. The van der Waals surface area contributed by atoms with Crippen LogP contribution in [0.4, 0.5) is 5.00 Å². The van der Waals surface area contributed by atoms with Crippen molar-refractivity contribution in [1.82, 2.24) is 9.97 Å². The Morgan fingerprint density at radius 1 is 1.19 bits per heavy atom. The van der Waals surface area contributed by atoms with Crippen LogP contribution in [0.3, 0.4) is 0 Å². The highest BCUT2D eigenvalue weighted by atomic mass is 32.2. The maximum atomic E-state index is 12.3. The van der Waals surface area contributed by atoms with Crippen LogP contribution in [-0.4, -0.2) is 47.3 Å². The number of hydrogen-bond acceptors (Lipinski definition) is 9. The molecule has 2 heterocycles. The molecular formula is C21H19N3O5S2. The number of carbonyl (C=O) groups excluding carboxylic acids is 3. The predicted octanol–water partition coefficient (Wildman–Crippen LogP) is 3.24. The van der Waals surface area contributed by atoms with Gasteiger partial charge in [-0.25, -0.2) is 9.78 Å². The molecule has 0 atom stereocenters. The van der Waals surface area contributed by atoms with E-state index >= 15 is 0 Å². The molecule has 1 aromatic carbocycles. The molecular weight excluding hydrogens is 438 g/mol. The van der Waals surface area contributed by atoms with Gasteiger partial charge in [-0.1, -0.05) is 23.9 Å². The average molecular weight is 458 g/mol. The summed E-state index contributed by atoms with van der Waals surface area (Å²) in [4.78, 5) is 46.2. The molecule has 1 aliphatic rings. The molecule has 160 valence electrons. The Labute approximate surface area is 186 Å². The van der Waals surface area contributed by atoms with Crippen molar-refractivity contribution in [2.24, 2.45) is 0 Å². The van der Waals surface area contributed by atoms with Crippen molar-refractivity contribution >= 4 is 57.0 Å². The lowest BCUT2D eigenvalue weighted by molar-refractivity contribution is -0.144. The summed E-state index contributed by atoms with van der Waals surface area (Å²) in [7, 11) is 1.31. The molecule has 0 bridgehead atoms. The van der Waals surface area contributed by atoms with Gasteiger partial charge in [-0.05, 0) is 37.0 Å². The lowest BCUT2D eigenvalue weighted by atomic mass is 10.1. The summed E-state index contributed by atoms with van der Waals surface area (Å²) in [6, 6.07) is 7.45. The van der Waals surface area contributed by atoms with Gasteiger partial charge < -0.3 is 14.8 Å². The molecule has 0 radical (unpaired) electrons. The molecule has 3 aromatic rings. The van der Waals surface area contributed by atoms with E-state index in [0.29, 0.717) is 15.6 Å². The van der Waals surface area contributed by atoms with E-state index < -0.39 is 24.5 Å². The summed E-state index contributed by atoms with van der Waals surface area (Å²) >= 11 is 2.56. The minimum atomic E-state index is -0.544. The summed E-state index contributed by atoms with van der Waals surface area (Å²) in [5.74, 6) is -1.52. The molecule has 1 amide bonds. The van der Waals surface area contributed by atoms with Crippen LogP contribution >= 0.6 is 23.1 Å². The number of aromatic nitrogens is 2. The van der Waals surface area contributed by atoms with Crippen molar-refractivity contribution in [1.29, 1.82) is 0 Å². The number of anilines is 1. The number of rotatable bonds is 7. The van der Waals surface area contributed by atoms with Gasteiger partial charge in [-0.15, -0.1) is 11.3 Å². The first-order valence-electron chi connectivity index (χ1n) is 9.58. The molecule has 1 aliphatic carbocycles. The third kappa shape index (κ3) is 4.86. The topological polar surface area (TPSA) is 107 Å². The molecule has 0 spiro atoms. The number of para-hydroxylation sites is 2.